The van der Waals surface area contributed by atoms with Gasteiger partial charge in [-0.05, 0) is 54.2 Å². The van der Waals surface area contributed by atoms with E-state index in [1.165, 1.54) is 17.7 Å². The molecule has 2 aromatic rings. The van der Waals surface area contributed by atoms with Crippen molar-refractivity contribution in [3.8, 4) is 0 Å². The summed E-state index contributed by atoms with van der Waals surface area (Å²) < 4.78 is 37.9. The monoisotopic (exact) mass is 403 g/mol. The molecule has 0 aromatic heterocycles. The molecule has 0 bridgehead atoms. The van der Waals surface area contributed by atoms with Crippen LogP contribution in [0.1, 0.15) is 50.2 Å². The highest BCUT2D eigenvalue weighted by atomic mass is 32.2. The van der Waals surface area contributed by atoms with E-state index in [4.69, 9.17) is 0 Å². The molecular weight excluding hydrogens is 377 g/mol. The Bertz CT molecular complexity index is 917. The van der Waals surface area contributed by atoms with Crippen LogP contribution in [0.5, 0.6) is 0 Å². The maximum absolute atomic E-state index is 13.0. The van der Waals surface area contributed by atoms with Gasteiger partial charge in [0.2, 0.25) is 5.91 Å². The smallest absolute Gasteiger partial charge is 0.224 e. The minimum absolute atomic E-state index is 0.0453. The third kappa shape index (κ3) is 5.19. The number of carbonyl (C=O) groups excluding carboxylic acids is 1. The maximum atomic E-state index is 13.0. The third-order valence-electron chi connectivity index (χ3n) is 5.06. The zero-order valence-electron chi connectivity index (χ0n) is 16.3. The number of amides is 1. The van der Waals surface area contributed by atoms with E-state index in [0.29, 0.717) is 12.5 Å². The van der Waals surface area contributed by atoms with E-state index in [-0.39, 0.29) is 29.0 Å². The molecule has 150 valence electrons. The molecule has 0 heterocycles. The lowest BCUT2D eigenvalue weighted by molar-refractivity contribution is -0.132. The van der Waals surface area contributed by atoms with Crippen LogP contribution in [0.3, 0.4) is 0 Å². The Morgan fingerprint density at radius 1 is 1.07 bits per heavy atom. The Hall–Kier alpha value is -2.21. The highest BCUT2D eigenvalue weighted by Gasteiger charge is 2.33. The number of carbonyl (C=O) groups is 1. The summed E-state index contributed by atoms with van der Waals surface area (Å²) in [5.74, 6) is -0.459. The number of nitrogens with zero attached hydrogens (tertiary/aromatic N) is 1. The van der Waals surface area contributed by atoms with E-state index in [2.05, 4.69) is 26.0 Å². The van der Waals surface area contributed by atoms with Crippen LogP contribution in [-0.2, 0) is 21.2 Å². The van der Waals surface area contributed by atoms with Crippen molar-refractivity contribution in [3.05, 3.63) is 65.5 Å². The minimum atomic E-state index is -3.61. The summed E-state index contributed by atoms with van der Waals surface area (Å²) in [4.78, 5) is 14.6. The molecule has 0 atom stereocenters. The predicted molar refractivity (Wildman–Crippen MR) is 107 cm³/mol. The molecule has 0 radical (unpaired) electrons. The van der Waals surface area contributed by atoms with Crippen LogP contribution in [-0.4, -0.2) is 31.0 Å². The zero-order chi connectivity index (χ0) is 20.3. The lowest BCUT2D eigenvalue weighted by Crippen LogP contribution is -2.33. The van der Waals surface area contributed by atoms with E-state index in [1.54, 1.807) is 4.90 Å². The lowest BCUT2D eigenvalue weighted by atomic mass is 10.0. The normalized spacial score (nSPS) is 14.3. The van der Waals surface area contributed by atoms with Crippen LogP contribution in [0.15, 0.2) is 53.4 Å². The van der Waals surface area contributed by atoms with Gasteiger partial charge >= 0.3 is 0 Å². The fourth-order valence-corrected chi connectivity index (χ4v) is 4.37. The molecule has 2 aromatic carbocycles. The first-order valence-electron chi connectivity index (χ1n) is 9.63. The minimum Gasteiger partial charge on any atom is -0.335 e. The molecule has 1 fully saturated rings. The largest absolute Gasteiger partial charge is 0.335 e. The molecule has 4 nitrogen and oxygen atoms in total. The van der Waals surface area contributed by atoms with E-state index < -0.39 is 15.7 Å². The van der Waals surface area contributed by atoms with Gasteiger partial charge in [-0.1, -0.05) is 38.1 Å². The summed E-state index contributed by atoms with van der Waals surface area (Å²) in [7, 11) is -3.61. The van der Waals surface area contributed by atoms with Crippen molar-refractivity contribution in [2.45, 2.75) is 56.5 Å². The van der Waals surface area contributed by atoms with Crippen molar-refractivity contribution in [1.82, 2.24) is 4.90 Å². The van der Waals surface area contributed by atoms with E-state index in [0.717, 1.165) is 30.5 Å². The van der Waals surface area contributed by atoms with Gasteiger partial charge in [0.1, 0.15) is 5.82 Å². The summed E-state index contributed by atoms with van der Waals surface area (Å²) in [6.07, 6.45) is 1.85. The van der Waals surface area contributed by atoms with Gasteiger partial charge in [-0.3, -0.25) is 4.79 Å². The van der Waals surface area contributed by atoms with Gasteiger partial charge in [-0.15, -0.1) is 0 Å². The van der Waals surface area contributed by atoms with E-state index >= 15 is 0 Å². The molecule has 1 aliphatic carbocycles. The van der Waals surface area contributed by atoms with Gasteiger partial charge in [-0.25, -0.2) is 12.8 Å². The summed E-state index contributed by atoms with van der Waals surface area (Å²) in [5.41, 5.74) is 2.30. The Balaban J connectivity index is 1.64. The molecule has 1 aliphatic rings. The van der Waals surface area contributed by atoms with Crippen molar-refractivity contribution in [1.29, 1.82) is 0 Å². The van der Waals surface area contributed by atoms with Crippen LogP contribution in [0.25, 0.3) is 0 Å². The Morgan fingerprint density at radius 3 is 2.21 bits per heavy atom. The van der Waals surface area contributed by atoms with Crippen LogP contribution >= 0.6 is 0 Å². The van der Waals surface area contributed by atoms with Crippen molar-refractivity contribution in [3.63, 3.8) is 0 Å². The number of hydrogen-bond acceptors (Lipinski definition) is 3. The predicted octanol–water partition coefficient (Wildman–Crippen LogP) is 4.30. The lowest BCUT2D eigenvalue weighted by Gasteiger charge is -2.23. The van der Waals surface area contributed by atoms with E-state index in [1.807, 2.05) is 12.1 Å². The molecule has 0 unspecified atom stereocenters. The Labute approximate surface area is 166 Å². The van der Waals surface area contributed by atoms with Gasteiger partial charge in [-0.2, -0.15) is 0 Å². The van der Waals surface area contributed by atoms with Gasteiger partial charge in [0.05, 0.1) is 10.6 Å². The molecule has 1 amide bonds. The number of halogens is 1. The number of hydrogen-bond donors (Lipinski definition) is 0. The first kappa shape index (κ1) is 20.5. The topological polar surface area (TPSA) is 54.5 Å². The number of sulfone groups is 1. The van der Waals surface area contributed by atoms with Crippen molar-refractivity contribution >= 4 is 15.7 Å². The molecule has 6 heteroatoms. The van der Waals surface area contributed by atoms with Crippen LogP contribution in [0, 0.1) is 5.82 Å². The molecule has 0 spiro atoms. The van der Waals surface area contributed by atoms with Crippen LogP contribution in [0.4, 0.5) is 4.39 Å². The highest BCUT2D eigenvalue weighted by Crippen LogP contribution is 2.29. The summed E-state index contributed by atoms with van der Waals surface area (Å²) in [6.45, 7) is 4.77. The summed E-state index contributed by atoms with van der Waals surface area (Å²) in [5, 5.41) is 0. The fraction of sp³-hybridized carbons (Fsp3) is 0.409. The van der Waals surface area contributed by atoms with Gasteiger partial charge in [0, 0.05) is 19.0 Å². The fourth-order valence-electron chi connectivity index (χ4n) is 3.14. The Kier molecular flexibility index (Phi) is 6.18. The van der Waals surface area contributed by atoms with Crippen molar-refractivity contribution < 1.29 is 17.6 Å². The van der Waals surface area contributed by atoms with Gasteiger partial charge in [0.15, 0.2) is 9.84 Å². The molecule has 3 rings (SSSR count). The second-order valence-corrected chi connectivity index (χ2v) is 9.78. The van der Waals surface area contributed by atoms with E-state index in [9.17, 15) is 17.6 Å². The molecule has 0 N–H and O–H groups in total. The van der Waals surface area contributed by atoms with Crippen LogP contribution in [0.2, 0.25) is 0 Å². The molecular formula is C22H26FNO3S. The summed E-state index contributed by atoms with van der Waals surface area (Å²) >= 11 is 0. The first-order chi connectivity index (χ1) is 13.3. The average molecular weight is 404 g/mol. The molecule has 0 saturated heterocycles. The SMILES string of the molecule is CC(C)c1ccc(CN(C(=O)CCS(=O)(=O)c2ccc(F)cc2)C2CC2)cc1. The van der Waals surface area contributed by atoms with Crippen molar-refractivity contribution in [2.75, 3.05) is 5.75 Å². The van der Waals surface area contributed by atoms with Crippen LogP contribution < -0.4 is 0 Å². The average Bonchev–Trinajstić information content (AvgIpc) is 3.50. The zero-order valence-corrected chi connectivity index (χ0v) is 17.1. The van der Waals surface area contributed by atoms with Gasteiger partial charge in [0.25, 0.3) is 0 Å². The molecule has 0 aliphatic heterocycles. The third-order valence-corrected chi connectivity index (χ3v) is 6.80. The standard InChI is InChI=1S/C22H26FNO3S/c1-16(2)18-5-3-17(4-6-18)15-24(20-9-10-20)22(25)13-14-28(26,27)21-11-7-19(23)8-12-21/h3-8,11-12,16,20H,9-10,13-15H2,1-2H3. The number of rotatable bonds is 8. The molecule has 28 heavy (non-hydrogen) atoms. The second-order valence-electron chi connectivity index (χ2n) is 7.67. The highest BCUT2D eigenvalue weighted by molar-refractivity contribution is 7.91. The van der Waals surface area contributed by atoms with Crippen molar-refractivity contribution in [2.24, 2.45) is 0 Å². The quantitative estimate of drug-likeness (QED) is 0.618. The summed E-state index contributed by atoms with van der Waals surface area (Å²) in [6, 6.07) is 13.1. The maximum Gasteiger partial charge on any atom is 0.224 e. The van der Waals surface area contributed by atoms with Gasteiger partial charge < -0.3 is 4.90 Å². The second kappa shape index (κ2) is 8.43. The Morgan fingerprint density at radius 2 is 1.68 bits per heavy atom. The molecule has 1 saturated carbocycles. The first-order valence-corrected chi connectivity index (χ1v) is 11.3. The number of benzene rings is 2.